The number of rotatable bonds is 5. The molecule has 0 N–H and O–H groups in total. The summed E-state index contributed by atoms with van der Waals surface area (Å²) in [6.45, 7) is 7.23. The Morgan fingerprint density at radius 3 is 2.24 bits per heavy atom. The van der Waals surface area contributed by atoms with Crippen molar-refractivity contribution >= 4 is 23.6 Å². The largest absolute Gasteiger partial charge is 0.460 e. The van der Waals surface area contributed by atoms with Crippen molar-refractivity contribution in [3.8, 4) is 0 Å². The molecule has 0 radical (unpaired) electrons. The van der Waals surface area contributed by atoms with Crippen molar-refractivity contribution in [2.24, 2.45) is 0 Å². The van der Waals surface area contributed by atoms with E-state index in [0.717, 1.165) is 0 Å². The average Bonchev–Trinajstić information content (AvgIpc) is 2.24. The maximum atomic E-state index is 11.9. The Kier molecular flexibility index (Phi) is 5.46. The van der Waals surface area contributed by atoms with Gasteiger partial charge in [0.05, 0.1) is 19.1 Å². The van der Waals surface area contributed by atoms with Crippen LogP contribution in [0.4, 0.5) is 4.79 Å². The molecule has 1 saturated heterocycles. The first-order valence-corrected chi connectivity index (χ1v) is 6.88. The summed E-state index contributed by atoms with van der Waals surface area (Å²) in [5, 5.41) is 0. The van der Waals surface area contributed by atoms with Crippen molar-refractivity contribution in [3.63, 3.8) is 0 Å². The fourth-order valence-corrected chi connectivity index (χ4v) is 1.82. The molecule has 21 heavy (non-hydrogen) atoms. The van der Waals surface area contributed by atoms with Gasteiger partial charge in [-0.3, -0.25) is 14.5 Å². The van der Waals surface area contributed by atoms with Crippen LogP contribution in [-0.2, 0) is 23.9 Å². The minimum atomic E-state index is -1.02. The normalized spacial score (nSPS) is 17.7. The number of ketones is 2. The van der Waals surface area contributed by atoms with Gasteiger partial charge >= 0.3 is 12.1 Å². The Labute approximate surface area is 123 Å². The van der Waals surface area contributed by atoms with E-state index in [2.05, 4.69) is 4.74 Å². The summed E-state index contributed by atoms with van der Waals surface area (Å²) in [5.74, 6) is -2.38. The van der Waals surface area contributed by atoms with E-state index in [1.54, 1.807) is 27.7 Å². The van der Waals surface area contributed by atoms with Crippen LogP contribution in [0.5, 0.6) is 0 Å². The van der Waals surface area contributed by atoms with E-state index in [9.17, 15) is 19.2 Å². The molecule has 1 amide bonds. The number of ether oxygens (including phenoxy) is 2. The third-order valence-electron chi connectivity index (χ3n) is 2.86. The Morgan fingerprint density at radius 2 is 1.81 bits per heavy atom. The van der Waals surface area contributed by atoms with Crippen LogP contribution in [-0.4, -0.2) is 53.3 Å². The fraction of sp³-hybridized carbons (Fsp3) is 0.714. The lowest BCUT2D eigenvalue weighted by atomic mass is 9.96. The summed E-state index contributed by atoms with van der Waals surface area (Å²) >= 11 is 0. The van der Waals surface area contributed by atoms with Gasteiger partial charge in [-0.1, -0.05) is 0 Å². The first-order chi connectivity index (χ1) is 9.65. The topological polar surface area (TPSA) is 90.0 Å². The van der Waals surface area contributed by atoms with Crippen LogP contribution in [0.3, 0.4) is 0 Å². The molecule has 1 atom stereocenters. The molecule has 7 heteroatoms. The van der Waals surface area contributed by atoms with Crippen LogP contribution < -0.4 is 0 Å². The average molecular weight is 299 g/mol. The Hall–Kier alpha value is -1.92. The van der Waals surface area contributed by atoms with Gasteiger partial charge < -0.3 is 9.47 Å². The monoisotopic (exact) mass is 299 g/mol. The number of nitrogens with zero attached hydrogens (tertiary/aromatic N) is 1. The number of esters is 1. The zero-order valence-electron chi connectivity index (χ0n) is 12.8. The molecule has 118 valence electrons. The van der Waals surface area contributed by atoms with Gasteiger partial charge in [-0.15, -0.1) is 0 Å². The molecular weight excluding hydrogens is 278 g/mol. The van der Waals surface area contributed by atoms with Gasteiger partial charge in [0.25, 0.3) is 0 Å². The van der Waals surface area contributed by atoms with Gasteiger partial charge in [-0.2, -0.15) is 0 Å². The maximum Gasteiger partial charge on any atom is 0.410 e. The van der Waals surface area contributed by atoms with E-state index in [1.807, 2.05) is 0 Å². The van der Waals surface area contributed by atoms with Gasteiger partial charge in [0.15, 0.2) is 5.78 Å². The molecule has 0 aliphatic carbocycles. The van der Waals surface area contributed by atoms with E-state index in [1.165, 1.54) is 4.90 Å². The summed E-state index contributed by atoms with van der Waals surface area (Å²) in [5.41, 5.74) is -0.652. The van der Waals surface area contributed by atoms with Crippen molar-refractivity contribution in [2.45, 2.75) is 52.2 Å². The molecule has 1 rings (SSSR count). The molecule has 0 aromatic rings. The van der Waals surface area contributed by atoms with Crippen LogP contribution in [0.25, 0.3) is 0 Å². The SMILES string of the molecule is CCOC(=O)C(=O)CC(=O)C1CCN1C(=O)OC(C)(C)C. The number of hydrogen-bond donors (Lipinski definition) is 0. The maximum absolute atomic E-state index is 11.9. The zero-order chi connectivity index (χ0) is 16.2. The van der Waals surface area contributed by atoms with Crippen LogP contribution in [0.1, 0.15) is 40.5 Å². The smallest absolute Gasteiger partial charge is 0.410 e. The number of Topliss-reactive ketones (excluding diaryl/α,β-unsaturated/α-hetero) is 2. The van der Waals surface area contributed by atoms with Gasteiger partial charge in [0.1, 0.15) is 5.60 Å². The lowest BCUT2D eigenvalue weighted by Gasteiger charge is -2.40. The number of hydrogen-bond acceptors (Lipinski definition) is 6. The number of carbonyl (C=O) groups excluding carboxylic acids is 4. The number of amides is 1. The van der Waals surface area contributed by atoms with Crippen LogP contribution in [0.2, 0.25) is 0 Å². The predicted molar refractivity (Wildman–Crippen MR) is 72.6 cm³/mol. The highest BCUT2D eigenvalue weighted by Gasteiger charge is 2.40. The molecule has 0 spiro atoms. The molecule has 1 unspecified atom stereocenters. The Balaban J connectivity index is 2.54. The van der Waals surface area contributed by atoms with Crippen LogP contribution in [0, 0.1) is 0 Å². The Morgan fingerprint density at radius 1 is 1.19 bits per heavy atom. The summed E-state index contributed by atoms with van der Waals surface area (Å²) in [7, 11) is 0. The van der Waals surface area contributed by atoms with E-state index >= 15 is 0 Å². The molecule has 1 aliphatic rings. The van der Waals surface area contributed by atoms with Crippen molar-refractivity contribution in [2.75, 3.05) is 13.2 Å². The molecule has 0 saturated carbocycles. The minimum absolute atomic E-state index is 0.0756. The third-order valence-corrected chi connectivity index (χ3v) is 2.86. The van der Waals surface area contributed by atoms with Gasteiger partial charge in [-0.25, -0.2) is 9.59 Å². The third kappa shape index (κ3) is 4.84. The highest BCUT2D eigenvalue weighted by Crippen LogP contribution is 2.22. The van der Waals surface area contributed by atoms with Gasteiger partial charge in [-0.05, 0) is 34.1 Å². The second kappa shape index (κ2) is 6.69. The van der Waals surface area contributed by atoms with Crippen molar-refractivity contribution < 1.29 is 28.7 Å². The van der Waals surface area contributed by atoms with Crippen molar-refractivity contribution in [1.82, 2.24) is 4.90 Å². The summed E-state index contributed by atoms with van der Waals surface area (Å²) < 4.78 is 9.70. The molecule has 0 aromatic carbocycles. The van der Waals surface area contributed by atoms with Crippen molar-refractivity contribution in [1.29, 1.82) is 0 Å². The number of likely N-dealkylation sites (tertiary alicyclic amines) is 1. The highest BCUT2D eigenvalue weighted by atomic mass is 16.6. The highest BCUT2D eigenvalue weighted by molar-refractivity contribution is 6.37. The fourth-order valence-electron chi connectivity index (χ4n) is 1.82. The minimum Gasteiger partial charge on any atom is -0.460 e. The zero-order valence-corrected chi connectivity index (χ0v) is 12.8. The predicted octanol–water partition coefficient (Wildman–Crippen LogP) is 1.09. The van der Waals surface area contributed by atoms with Gasteiger partial charge in [0.2, 0.25) is 5.78 Å². The Bertz CT molecular complexity index is 451. The molecule has 7 nitrogen and oxygen atoms in total. The molecule has 1 fully saturated rings. The lowest BCUT2D eigenvalue weighted by Crippen LogP contribution is -2.56. The van der Waals surface area contributed by atoms with E-state index in [0.29, 0.717) is 13.0 Å². The van der Waals surface area contributed by atoms with E-state index in [-0.39, 0.29) is 6.61 Å². The quantitative estimate of drug-likeness (QED) is 0.429. The van der Waals surface area contributed by atoms with Gasteiger partial charge in [0, 0.05) is 6.54 Å². The second-order valence-electron chi connectivity index (χ2n) is 5.76. The van der Waals surface area contributed by atoms with Crippen molar-refractivity contribution in [3.05, 3.63) is 0 Å². The standard InChI is InChI=1S/C14H21NO6/c1-5-20-12(18)11(17)8-10(16)9-6-7-15(9)13(19)21-14(2,3)4/h9H,5-8H2,1-4H3. The van der Waals surface area contributed by atoms with Crippen LogP contribution >= 0.6 is 0 Å². The van der Waals surface area contributed by atoms with E-state index < -0.39 is 41.7 Å². The molecule has 0 aromatic heterocycles. The lowest BCUT2D eigenvalue weighted by molar-refractivity contribution is -0.155. The molecule has 1 heterocycles. The molecule has 1 aliphatic heterocycles. The molecule has 0 bridgehead atoms. The van der Waals surface area contributed by atoms with E-state index in [4.69, 9.17) is 4.74 Å². The second-order valence-corrected chi connectivity index (χ2v) is 5.76. The summed E-state index contributed by atoms with van der Waals surface area (Å²) in [6, 6.07) is -0.696. The first kappa shape index (κ1) is 17.1. The first-order valence-electron chi connectivity index (χ1n) is 6.88. The summed E-state index contributed by atoms with van der Waals surface area (Å²) in [6.07, 6.45) is -0.674. The summed E-state index contributed by atoms with van der Waals surface area (Å²) in [4.78, 5) is 47.7. The number of carbonyl (C=O) groups is 4. The van der Waals surface area contributed by atoms with Crippen LogP contribution in [0.15, 0.2) is 0 Å². The molecular formula is C14H21NO6.